The van der Waals surface area contributed by atoms with E-state index < -0.39 is 0 Å². The highest BCUT2D eigenvalue weighted by molar-refractivity contribution is 5.87. The van der Waals surface area contributed by atoms with E-state index in [4.69, 9.17) is 0 Å². The van der Waals surface area contributed by atoms with Crippen molar-refractivity contribution in [2.24, 2.45) is 11.3 Å². The van der Waals surface area contributed by atoms with Crippen LogP contribution in [-0.2, 0) is 11.2 Å². The normalized spacial score (nSPS) is 23.5. The maximum Gasteiger partial charge on any atom is 0.144 e. The van der Waals surface area contributed by atoms with E-state index in [1.54, 1.807) is 18.2 Å². The van der Waals surface area contributed by atoms with E-state index in [0.29, 0.717) is 12.3 Å². The van der Waals surface area contributed by atoms with Crippen molar-refractivity contribution in [3.63, 3.8) is 0 Å². The van der Waals surface area contributed by atoms with Crippen LogP contribution in [-0.4, -0.2) is 24.0 Å². The molecule has 2 N–H and O–H groups in total. The number of hydrogen-bond acceptors (Lipinski definition) is 3. The molecule has 0 bridgehead atoms. The average Bonchev–Trinajstić information content (AvgIpc) is 2.79. The Morgan fingerprint density at radius 1 is 1.50 bits per heavy atom. The maximum atomic E-state index is 12.6. The molecule has 1 fully saturated rings. The van der Waals surface area contributed by atoms with Crippen molar-refractivity contribution in [3.8, 4) is 5.75 Å². The Bertz CT molecular complexity index is 434. The number of Topliss-reactive ketones (excluding diaryl/α,β-unsaturated/α-hetero) is 1. The molecule has 1 aliphatic heterocycles. The molecule has 1 heterocycles. The minimum Gasteiger partial charge on any atom is -0.508 e. The van der Waals surface area contributed by atoms with Crippen LogP contribution in [0.3, 0.4) is 0 Å². The van der Waals surface area contributed by atoms with Gasteiger partial charge in [-0.05, 0) is 36.6 Å². The van der Waals surface area contributed by atoms with Crippen molar-refractivity contribution in [2.75, 3.05) is 13.1 Å². The molecule has 0 spiro atoms. The van der Waals surface area contributed by atoms with Gasteiger partial charge in [0.1, 0.15) is 11.5 Å². The van der Waals surface area contributed by atoms with Crippen LogP contribution in [0, 0.1) is 11.3 Å². The van der Waals surface area contributed by atoms with Crippen molar-refractivity contribution in [2.45, 2.75) is 26.7 Å². The van der Waals surface area contributed by atoms with Crippen molar-refractivity contribution in [1.82, 2.24) is 5.32 Å². The Morgan fingerprint density at radius 2 is 2.28 bits per heavy atom. The summed E-state index contributed by atoms with van der Waals surface area (Å²) in [5.74, 6) is 0.855. The number of carbonyl (C=O) groups excluding carboxylic acids is 1. The second-order valence-corrected chi connectivity index (χ2v) is 5.51. The van der Waals surface area contributed by atoms with E-state index in [2.05, 4.69) is 19.2 Å². The minimum atomic E-state index is -0.231. The molecule has 0 aliphatic carbocycles. The van der Waals surface area contributed by atoms with Crippen LogP contribution in [0.1, 0.15) is 25.8 Å². The van der Waals surface area contributed by atoms with Crippen LogP contribution in [0.2, 0.25) is 0 Å². The number of phenols is 1. The van der Waals surface area contributed by atoms with Gasteiger partial charge < -0.3 is 10.4 Å². The van der Waals surface area contributed by atoms with Gasteiger partial charge >= 0.3 is 0 Å². The van der Waals surface area contributed by atoms with Gasteiger partial charge in [-0.2, -0.15) is 0 Å². The second-order valence-electron chi connectivity index (χ2n) is 5.51. The highest BCUT2D eigenvalue weighted by atomic mass is 16.3. The molecule has 1 aromatic rings. The van der Waals surface area contributed by atoms with Crippen molar-refractivity contribution in [3.05, 3.63) is 29.8 Å². The lowest BCUT2D eigenvalue weighted by atomic mass is 9.71. The molecular weight excluding hydrogens is 226 g/mol. The molecule has 1 unspecified atom stereocenters. The van der Waals surface area contributed by atoms with Gasteiger partial charge in [0, 0.05) is 18.4 Å². The minimum absolute atomic E-state index is 0.225. The predicted octanol–water partition coefficient (Wildman–Crippen LogP) is 2.14. The first kappa shape index (κ1) is 13.1. The summed E-state index contributed by atoms with van der Waals surface area (Å²) in [5, 5.41) is 12.7. The maximum absolute atomic E-state index is 12.6. The van der Waals surface area contributed by atoms with Gasteiger partial charge in [-0.3, -0.25) is 4.79 Å². The smallest absolute Gasteiger partial charge is 0.144 e. The number of carbonyl (C=O) groups is 1. The summed E-state index contributed by atoms with van der Waals surface area (Å²) in [7, 11) is 0. The van der Waals surface area contributed by atoms with Crippen LogP contribution in [0.4, 0.5) is 0 Å². The average molecular weight is 247 g/mol. The third kappa shape index (κ3) is 2.41. The van der Waals surface area contributed by atoms with Gasteiger partial charge in [0.15, 0.2) is 0 Å². The van der Waals surface area contributed by atoms with Gasteiger partial charge in [-0.15, -0.1) is 0 Å². The lowest BCUT2D eigenvalue weighted by molar-refractivity contribution is -0.129. The molecule has 0 amide bonds. The topological polar surface area (TPSA) is 49.3 Å². The fourth-order valence-corrected chi connectivity index (χ4v) is 2.79. The van der Waals surface area contributed by atoms with Crippen LogP contribution < -0.4 is 5.32 Å². The SMILES string of the molecule is CC(C)C1(C(=O)Cc2cccc(O)c2)CCNC1. The summed E-state index contributed by atoms with van der Waals surface area (Å²) < 4.78 is 0. The summed E-state index contributed by atoms with van der Waals surface area (Å²) in [6.07, 6.45) is 1.33. The summed E-state index contributed by atoms with van der Waals surface area (Å²) in [6.45, 7) is 5.94. The molecule has 1 atom stereocenters. The summed E-state index contributed by atoms with van der Waals surface area (Å²) in [4.78, 5) is 12.6. The van der Waals surface area contributed by atoms with Gasteiger partial charge in [-0.25, -0.2) is 0 Å². The largest absolute Gasteiger partial charge is 0.508 e. The van der Waals surface area contributed by atoms with Crippen molar-refractivity contribution in [1.29, 1.82) is 0 Å². The lowest BCUT2D eigenvalue weighted by Crippen LogP contribution is -2.39. The number of hydrogen-bond donors (Lipinski definition) is 2. The quantitative estimate of drug-likeness (QED) is 0.857. The summed E-state index contributed by atoms with van der Waals surface area (Å²) in [5.41, 5.74) is 0.665. The Hall–Kier alpha value is -1.35. The van der Waals surface area contributed by atoms with Crippen molar-refractivity contribution < 1.29 is 9.90 Å². The van der Waals surface area contributed by atoms with Crippen LogP contribution in [0.15, 0.2) is 24.3 Å². The molecule has 1 aromatic carbocycles. The molecule has 2 rings (SSSR count). The van der Waals surface area contributed by atoms with E-state index >= 15 is 0 Å². The molecule has 0 saturated carbocycles. The summed E-state index contributed by atoms with van der Waals surface area (Å²) in [6, 6.07) is 6.98. The standard InChI is InChI=1S/C15H21NO2/c1-11(2)15(6-7-16-10-15)14(18)9-12-4-3-5-13(17)8-12/h3-5,8,11,16-17H,6-7,9-10H2,1-2H3. The second kappa shape index (κ2) is 5.11. The highest BCUT2D eigenvalue weighted by Gasteiger charge is 2.43. The molecule has 18 heavy (non-hydrogen) atoms. The highest BCUT2D eigenvalue weighted by Crippen LogP contribution is 2.36. The third-order valence-electron chi connectivity index (χ3n) is 4.12. The predicted molar refractivity (Wildman–Crippen MR) is 71.6 cm³/mol. The van der Waals surface area contributed by atoms with Gasteiger partial charge in [0.2, 0.25) is 0 Å². The fourth-order valence-electron chi connectivity index (χ4n) is 2.79. The lowest BCUT2D eigenvalue weighted by Gasteiger charge is -2.31. The zero-order valence-corrected chi connectivity index (χ0v) is 11.1. The van der Waals surface area contributed by atoms with Crippen LogP contribution >= 0.6 is 0 Å². The van der Waals surface area contributed by atoms with Gasteiger partial charge in [0.25, 0.3) is 0 Å². The van der Waals surface area contributed by atoms with E-state index in [0.717, 1.165) is 25.1 Å². The molecule has 1 saturated heterocycles. The number of aromatic hydroxyl groups is 1. The molecule has 98 valence electrons. The Labute approximate surface area is 108 Å². The van der Waals surface area contributed by atoms with Crippen LogP contribution in [0.5, 0.6) is 5.75 Å². The van der Waals surface area contributed by atoms with Crippen molar-refractivity contribution >= 4 is 5.78 Å². The summed E-state index contributed by atoms with van der Waals surface area (Å²) >= 11 is 0. The van der Waals surface area contributed by atoms with E-state index in [1.165, 1.54) is 0 Å². The van der Waals surface area contributed by atoms with Gasteiger partial charge in [-0.1, -0.05) is 26.0 Å². The Morgan fingerprint density at radius 3 is 2.83 bits per heavy atom. The first-order valence-electron chi connectivity index (χ1n) is 6.56. The molecule has 0 radical (unpaired) electrons. The van der Waals surface area contributed by atoms with E-state index in [9.17, 15) is 9.90 Å². The van der Waals surface area contributed by atoms with E-state index in [1.807, 2.05) is 6.07 Å². The van der Waals surface area contributed by atoms with E-state index in [-0.39, 0.29) is 16.9 Å². The monoisotopic (exact) mass is 247 g/mol. The third-order valence-corrected chi connectivity index (χ3v) is 4.12. The molecule has 0 aromatic heterocycles. The zero-order valence-electron chi connectivity index (χ0n) is 11.1. The zero-order chi connectivity index (χ0) is 13.2. The number of ketones is 1. The fraction of sp³-hybridized carbons (Fsp3) is 0.533. The number of rotatable bonds is 4. The Balaban J connectivity index is 2.16. The molecule has 3 heteroatoms. The number of nitrogens with one attached hydrogen (secondary N) is 1. The molecule has 1 aliphatic rings. The first-order valence-corrected chi connectivity index (χ1v) is 6.56. The van der Waals surface area contributed by atoms with Crippen LogP contribution in [0.25, 0.3) is 0 Å². The Kier molecular flexibility index (Phi) is 3.71. The number of phenolic OH excluding ortho intramolecular Hbond substituents is 1. The first-order chi connectivity index (χ1) is 8.54. The molecular formula is C15H21NO2. The van der Waals surface area contributed by atoms with Gasteiger partial charge in [0.05, 0.1) is 0 Å². The molecule has 3 nitrogen and oxygen atoms in total. The number of benzene rings is 1.